The third-order valence-electron chi connectivity index (χ3n) is 2.67. The summed E-state index contributed by atoms with van der Waals surface area (Å²) in [6.45, 7) is -0.297. The summed E-state index contributed by atoms with van der Waals surface area (Å²) in [7, 11) is 0. The van der Waals surface area contributed by atoms with Crippen molar-refractivity contribution in [2.45, 2.75) is 24.9 Å². The fourth-order valence-electron chi connectivity index (χ4n) is 1.76. The molecule has 1 fully saturated rings. The smallest absolute Gasteiger partial charge is 0.349 e. The molecule has 6 heteroatoms. The summed E-state index contributed by atoms with van der Waals surface area (Å²) in [6, 6.07) is 0. The number of terminal acetylenes is 1. The first kappa shape index (κ1) is 11.8. The molecule has 2 heterocycles. The van der Waals surface area contributed by atoms with Crippen LogP contribution < -0.4 is 5.69 Å². The van der Waals surface area contributed by atoms with Gasteiger partial charge in [0.15, 0.2) is 0 Å². The average Bonchev–Trinajstić information content (AvgIpc) is 2.71. The van der Waals surface area contributed by atoms with Gasteiger partial charge in [-0.15, -0.1) is 6.42 Å². The predicted molar refractivity (Wildman–Crippen MR) is 58.1 cm³/mol. The van der Waals surface area contributed by atoms with Crippen LogP contribution in [0.4, 0.5) is 0 Å². The molecule has 0 unspecified atom stereocenters. The molecule has 0 amide bonds. The highest BCUT2D eigenvalue weighted by molar-refractivity contribution is 5.25. The minimum atomic E-state index is -0.800. The van der Waals surface area contributed by atoms with E-state index in [0.717, 1.165) is 0 Å². The molecule has 0 aromatic carbocycles. The van der Waals surface area contributed by atoms with Gasteiger partial charge in [0.1, 0.15) is 12.3 Å². The van der Waals surface area contributed by atoms with Gasteiger partial charge in [0, 0.05) is 18.8 Å². The van der Waals surface area contributed by atoms with Crippen molar-refractivity contribution in [1.29, 1.82) is 0 Å². The standard InChI is InChI=1S/C11H12N2O4/c1-2-7-4-12-11(16)13(5-7)10-3-8(15)9(6-14)17-10/h1,4-5,8-10,14-15H,3,6H2/t8-,9+,10-/m0/s1. The Hall–Kier alpha value is -1.68. The SMILES string of the molecule is C#Cc1cnc(=O)n([C@@H]2C[C@H](O)[C@@H](CO)O2)c1. The maximum Gasteiger partial charge on any atom is 0.349 e. The molecule has 2 N–H and O–H groups in total. The zero-order valence-electron chi connectivity index (χ0n) is 8.98. The van der Waals surface area contributed by atoms with Gasteiger partial charge in [-0.3, -0.25) is 4.57 Å². The zero-order valence-corrected chi connectivity index (χ0v) is 8.98. The molecule has 1 aliphatic rings. The lowest BCUT2D eigenvalue weighted by Gasteiger charge is -2.14. The van der Waals surface area contributed by atoms with Crippen molar-refractivity contribution in [2.75, 3.05) is 6.61 Å². The van der Waals surface area contributed by atoms with Gasteiger partial charge in [0.25, 0.3) is 0 Å². The molecule has 1 aromatic heterocycles. The van der Waals surface area contributed by atoms with Crippen LogP contribution in [0.15, 0.2) is 17.2 Å². The van der Waals surface area contributed by atoms with Crippen LogP contribution in [0.1, 0.15) is 18.2 Å². The first-order chi connectivity index (χ1) is 8.15. The number of hydrogen-bond donors (Lipinski definition) is 2. The lowest BCUT2D eigenvalue weighted by Crippen LogP contribution is -2.27. The van der Waals surface area contributed by atoms with Crippen molar-refractivity contribution < 1.29 is 14.9 Å². The molecule has 3 atom stereocenters. The van der Waals surface area contributed by atoms with Crippen LogP contribution in [0.25, 0.3) is 0 Å². The fourth-order valence-corrected chi connectivity index (χ4v) is 1.76. The molecule has 1 saturated heterocycles. The maximum atomic E-state index is 11.5. The highest BCUT2D eigenvalue weighted by Crippen LogP contribution is 2.27. The quantitative estimate of drug-likeness (QED) is 0.634. The van der Waals surface area contributed by atoms with Gasteiger partial charge in [-0.2, -0.15) is 0 Å². The van der Waals surface area contributed by atoms with Gasteiger partial charge < -0.3 is 14.9 Å². The van der Waals surface area contributed by atoms with E-state index in [9.17, 15) is 9.90 Å². The first-order valence-electron chi connectivity index (χ1n) is 5.15. The Balaban J connectivity index is 2.30. The molecule has 1 aliphatic heterocycles. The third-order valence-corrected chi connectivity index (χ3v) is 2.67. The second-order valence-corrected chi connectivity index (χ2v) is 3.79. The van der Waals surface area contributed by atoms with E-state index in [1.54, 1.807) is 0 Å². The van der Waals surface area contributed by atoms with E-state index in [-0.39, 0.29) is 13.0 Å². The number of hydrogen-bond acceptors (Lipinski definition) is 5. The summed E-state index contributed by atoms with van der Waals surface area (Å²) < 4.78 is 6.57. The zero-order chi connectivity index (χ0) is 12.4. The van der Waals surface area contributed by atoms with E-state index in [2.05, 4.69) is 10.9 Å². The summed E-state index contributed by atoms with van der Waals surface area (Å²) in [4.78, 5) is 15.1. The number of nitrogens with zero attached hydrogens (tertiary/aromatic N) is 2. The number of aromatic nitrogens is 2. The molecule has 90 valence electrons. The molecule has 0 saturated carbocycles. The summed E-state index contributed by atoms with van der Waals surface area (Å²) in [5, 5.41) is 18.5. The van der Waals surface area contributed by atoms with Gasteiger partial charge in [-0.1, -0.05) is 5.92 Å². The Morgan fingerprint density at radius 1 is 1.71 bits per heavy atom. The monoisotopic (exact) mass is 236 g/mol. The lowest BCUT2D eigenvalue weighted by molar-refractivity contribution is -0.0459. The van der Waals surface area contributed by atoms with Gasteiger partial charge in [-0.25, -0.2) is 9.78 Å². The van der Waals surface area contributed by atoms with E-state index < -0.39 is 24.1 Å². The number of ether oxygens (including phenoxy) is 1. The Morgan fingerprint density at radius 2 is 2.47 bits per heavy atom. The second-order valence-electron chi connectivity index (χ2n) is 3.79. The first-order valence-corrected chi connectivity index (χ1v) is 5.15. The highest BCUT2D eigenvalue weighted by Gasteiger charge is 2.34. The molecule has 0 aliphatic carbocycles. The minimum absolute atomic E-state index is 0.223. The van der Waals surface area contributed by atoms with Crippen LogP contribution in [-0.2, 0) is 4.74 Å². The van der Waals surface area contributed by atoms with Crippen molar-refractivity contribution >= 4 is 0 Å². The van der Waals surface area contributed by atoms with Gasteiger partial charge in [0.2, 0.25) is 0 Å². The average molecular weight is 236 g/mol. The van der Waals surface area contributed by atoms with Crippen LogP contribution >= 0.6 is 0 Å². The van der Waals surface area contributed by atoms with Crippen LogP contribution in [0.5, 0.6) is 0 Å². The Labute approximate surface area is 97.5 Å². The normalized spacial score (nSPS) is 27.9. The second kappa shape index (κ2) is 4.67. The van der Waals surface area contributed by atoms with Crippen molar-refractivity contribution in [1.82, 2.24) is 9.55 Å². The van der Waals surface area contributed by atoms with Crippen LogP contribution in [0, 0.1) is 12.3 Å². The van der Waals surface area contributed by atoms with E-state index in [1.807, 2.05) is 0 Å². The van der Waals surface area contributed by atoms with Crippen LogP contribution in [0.2, 0.25) is 0 Å². The largest absolute Gasteiger partial charge is 0.394 e. The molecular weight excluding hydrogens is 224 g/mol. The molecule has 0 bridgehead atoms. The molecule has 0 radical (unpaired) electrons. The predicted octanol–water partition coefficient (Wildman–Crippen LogP) is -1.13. The van der Waals surface area contributed by atoms with Crippen LogP contribution in [0.3, 0.4) is 0 Å². The maximum absolute atomic E-state index is 11.5. The van der Waals surface area contributed by atoms with Crippen molar-refractivity contribution in [3.05, 3.63) is 28.4 Å². The molecule has 1 aromatic rings. The van der Waals surface area contributed by atoms with Crippen molar-refractivity contribution in [3.63, 3.8) is 0 Å². The fraction of sp³-hybridized carbons (Fsp3) is 0.455. The third kappa shape index (κ3) is 2.22. The minimum Gasteiger partial charge on any atom is -0.394 e. The van der Waals surface area contributed by atoms with Gasteiger partial charge in [0.05, 0.1) is 18.3 Å². The Kier molecular flexibility index (Phi) is 3.24. The molecule has 17 heavy (non-hydrogen) atoms. The van der Waals surface area contributed by atoms with E-state index in [4.69, 9.17) is 16.3 Å². The summed E-state index contributed by atoms with van der Waals surface area (Å²) >= 11 is 0. The summed E-state index contributed by atoms with van der Waals surface area (Å²) in [5.74, 6) is 2.36. The number of rotatable bonds is 2. The Morgan fingerprint density at radius 3 is 3.06 bits per heavy atom. The highest BCUT2D eigenvalue weighted by atomic mass is 16.5. The summed E-state index contributed by atoms with van der Waals surface area (Å²) in [5.41, 5.74) is -0.0464. The number of aliphatic hydroxyl groups excluding tert-OH is 2. The van der Waals surface area contributed by atoms with Gasteiger partial charge >= 0.3 is 5.69 Å². The molecular formula is C11H12N2O4. The molecule has 2 rings (SSSR count). The lowest BCUT2D eigenvalue weighted by atomic mass is 10.2. The Bertz CT molecular complexity index is 505. The number of aliphatic hydroxyl groups is 2. The van der Waals surface area contributed by atoms with Gasteiger partial charge in [-0.05, 0) is 0 Å². The van der Waals surface area contributed by atoms with E-state index >= 15 is 0 Å². The molecule has 0 spiro atoms. The van der Waals surface area contributed by atoms with E-state index in [1.165, 1.54) is 17.0 Å². The van der Waals surface area contributed by atoms with Crippen molar-refractivity contribution in [2.24, 2.45) is 0 Å². The summed E-state index contributed by atoms with van der Waals surface area (Å²) in [6.07, 6.45) is 6.06. The molecule has 6 nitrogen and oxygen atoms in total. The van der Waals surface area contributed by atoms with E-state index in [0.29, 0.717) is 5.56 Å². The topological polar surface area (TPSA) is 84.6 Å². The van der Waals surface area contributed by atoms with Crippen molar-refractivity contribution in [3.8, 4) is 12.3 Å². The van der Waals surface area contributed by atoms with Crippen LogP contribution in [-0.4, -0.2) is 38.6 Å².